The van der Waals surface area contributed by atoms with Crippen LogP contribution in [-0.2, 0) is 6.54 Å². The second kappa shape index (κ2) is 4.17. The largest absolute Gasteiger partial charge is 0.337 e. The highest BCUT2D eigenvalue weighted by atomic mass is 79.9. The van der Waals surface area contributed by atoms with Crippen LogP contribution in [0, 0.1) is 13.8 Å². The van der Waals surface area contributed by atoms with Crippen LogP contribution in [0.15, 0.2) is 20.0 Å². The van der Waals surface area contributed by atoms with Gasteiger partial charge in [0.2, 0.25) is 5.89 Å². The number of aryl methyl sites for hydroxylation is 2. The van der Waals surface area contributed by atoms with E-state index in [1.165, 1.54) is 10.8 Å². The van der Waals surface area contributed by atoms with E-state index in [-0.39, 0.29) is 12.1 Å². The Hall–Kier alpha value is -1.50. The average molecular weight is 285 g/mol. The van der Waals surface area contributed by atoms with Crippen molar-refractivity contribution >= 4 is 15.9 Å². The lowest BCUT2D eigenvalue weighted by molar-refractivity contribution is 0.364. The Bertz CT molecular complexity index is 575. The fourth-order valence-corrected chi connectivity index (χ4v) is 1.59. The number of hydrogen-bond donors (Lipinski definition) is 0. The molecule has 2 aromatic rings. The van der Waals surface area contributed by atoms with E-state index in [0.29, 0.717) is 22.0 Å². The summed E-state index contributed by atoms with van der Waals surface area (Å²) in [6, 6.07) is 0. The van der Waals surface area contributed by atoms with Gasteiger partial charge in [-0.3, -0.25) is 9.36 Å². The van der Waals surface area contributed by atoms with Gasteiger partial charge >= 0.3 is 0 Å². The van der Waals surface area contributed by atoms with Gasteiger partial charge in [0.05, 0.1) is 0 Å². The van der Waals surface area contributed by atoms with Crippen molar-refractivity contribution in [1.29, 1.82) is 0 Å². The second-order valence-corrected chi connectivity index (χ2v) is 4.13. The maximum atomic E-state index is 11.8. The maximum Gasteiger partial charge on any atom is 0.268 e. The highest BCUT2D eigenvalue weighted by Crippen LogP contribution is 2.04. The molecule has 0 amide bonds. The van der Waals surface area contributed by atoms with Crippen LogP contribution in [0.1, 0.15) is 17.5 Å². The van der Waals surface area contributed by atoms with Gasteiger partial charge < -0.3 is 4.52 Å². The molecule has 0 aromatic carbocycles. The van der Waals surface area contributed by atoms with Crippen molar-refractivity contribution in [3.63, 3.8) is 0 Å². The third-order valence-electron chi connectivity index (χ3n) is 2.07. The molecule has 0 fully saturated rings. The van der Waals surface area contributed by atoms with Crippen LogP contribution < -0.4 is 5.56 Å². The molecule has 84 valence electrons. The van der Waals surface area contributed by atoms with E-state index in [1.54, 1.807) is 13.8 Å². The topological polar surface area (TPSA) is 73.8 Å². The van der Waals surface area contributed by atoms with Gasteiger partial charge in [-0.15, -0.1) is 0 Å². The summed E-state index contributed by atoms with van der Waals surface area (Å²) in [5, 5.41) is 3.66. The third-order valence-corrected chi connectivity index (χ3v) is 2.61. The van der Waals surface area contributed by atoms with E-state index in [0.717, 1.165) is 0 Å². The molecule has 0 aliphatic carbocycles. The number of hydrogen-bond acceptors (Lipinski definition) is 5. The lowest BCUT2D eigenvalue weighted by atomic mass is 10.5. The van der Waals surface area contributed by atoms with Crippen LogP contribution in [0.5, 0.6) is 0 Å². The molecule has 0 saturated carbocycles. The Morgan fingerprint density at radius 1 is 1.50 bits per heavy atom. The first-order valence-corrected chi connectivity index (χ1v) is 5.38. The lowest BCUT2D eigenvalue weighted by Crippen LogP contribution is -2.24. The molecule has 6 nitrogen and oxygen atoms in total. The standard InChI is InChI=1S/C9H9BrN4O2/c1-5-12-8(16-13-5)4-14-6(2)11-3-7(10)9(14)15/h3H,4H2,1-2H3. The zero-order valence-corrected chi connectivity index (χ0v) is 10.4. The molecule has 0 unspecified atom stereocenters. The van der Waals surface area contributed by atoms with Gasteiger partial charge in [0.25, 0.3) is 5.56 Å². The summed E-state index contributed by atoms with van der Waals surface area (Å²) in [6.45, 7) is 3.71. The summed E-state index contributed by atoms with van der Waals surface area (Å²) in [7, 11) is 0. The summed E-state index contributed by atoms with van der Waals surface area (Å²) >= 11 is 3.14. The van der Waals surface area contributed by atoms with Crippen LogP contribution in [0.4, 0.5) is 0 Å². The molecule has 0 spiro atoms. The summed E-state index contributed by atoms with van der Waals surface area (Å²) in [5.74, 6) is 1.54. The number of aromatic nitrogens is 4. The SMILES string of the molecule is Cc1noc(Cn2c(C)ncc(Br)c2=O)n1. The number of nitrogens with zero attached hydrogens (tertiary/aromatic N) is 4. The van der Waals surface area contributed by atoms with Gasteiger partial charge in [-0.25, -0.2) is 4.98 Å². The van der Waals surface area contributed by atoms with E-state index >= 15 is 0 Å². The Balaban J connectivity index is 2.42. The summed E-state index contributed by atoms with van der Waals surface area (Å²) in [6.07, 6.45) is 1.48. The highest BCUT2D eigenvalue weighted by molar-refractivity contribution is 9.10. The predicted octanol–water partition coefficient (Wildman–Crippen LogP) is 1.05. The lowest BCUT2D eigenvalue weighted by Gasteiger charge is -2.05. The van der Waals surface area contributed by atoms with Crippen LogP contribution in [0.2, 0.25) is 0 Å². The zero-order valence-electron chi connectivity index (χ0n) is 8.77. The molecular formula is C9H9BrN4O2. The molecule has 0 N–H and O–H groups in total. The fourth-order valence-electron chi connectivity index (χ4n) is 1.28. The fraction of sp³-hybridized carbons (Fsp3) is 0.333. The number of halogens is 1. The summed E-state index contributed by atoms with van der Waals surface area (Å²) in [4.78, 5) is 19.9. The van der Waals surface area contributed by atoms with Crippen LogP contribution >= 0.6 is 15.9 Å². The van der Waals surface area contributed by atoms with Gasteiger partial charge in [0, 0.05) is 6.20 Å². The molecule has 0 aliphatic rings. The Labute approximate surface area is 99.4 Å². The molecule has 0 saturated heterocycles. The predicted molar refractivity (Wildman–Crippen MR) is 59.1 cm³/mol. The highest BCUT2D eigenvalue weighted by Gasteiger charge is 2.09. The van der Waals surface area contributed by atoms with E-state index in [4.69, 9.17) is 4.52 Å². The Morgan fingerprint density at radius 3 is 2.88 bits per heavy atom. The minimum atomic E-state index is -0.164. The molecule has 2 heterocycles. The van der Waals surface area contributed by atoms with Gasteiger partial charge in [-0.05, 0) is 29.8 Å². The molecule has 0 radical (unpaired) electrons. The van der Waals surface area contributed by atoms with Crippen molar-refractivity contribution in [2.45, 2.75) is 20.4 Å². The van der Waals surface area contributed by atoms with Gasteiger partial charge in [0.15, 0.2) is 5.82 Å². The minimum absolute atomic E-state index is 0.164. The summed E-state index contributed by atoms with van der Waals surface area (Å²) in [5.41, 5.74) is -0.164. The van der Waals surface area contributed by atoms with Crippen molar-refractivity contribution in [3.05, 3.63) is 38.6 Å². The van der Waals surface area contributed by atoms with Gasteiger partial charge in [-0.1, -0.05) is 5.16 Å². The molecule has 2 aromatic heterocycles. The molecular weight excluding hydrogens is 276 g/mol. The molecule has 0 bridgehead atoms. The normalized spacial score (nSPS) is 10.7. The van der Waals surface area contributed by atoms with Crippen molar-refractivity contribution in [2.75, 3.05) is 0 Å². The minimum Gasteiger partial charge on any atom is -0.337 e. The quantitative estimate of drug-likeness (QED) is 0.824. The van der Waals surface area contributed by atoms with Gasteiger partial charge in [0.1, 0.15) is 16.8 Å². The molecule has 0 atom stereocenters. The maximum absolute atomic E-state index is 11.8. The number of rotatable bonds is 2. The second-order valence-electron chi connectivity index (χ2n) is 3.28. The monoisotopic (exact) mass is 284 g/mol. The molecule has 0 aliphatic heterocycles. The van der Waals surface area contributed by atoms with Gasteiger partial charge in [-0.2, -0.15) is 4.98 Å². The first-order chi connectivity index (χ1) is 7.58. The van der Waals surface area contributed by atoms with Crippen molar-refractivity contribution in [1.82, 2.24) is 19.7 Å². The van der Waals surface area contributed by atoms with Crippen molar-refractivity contribution in [3.8, 4) is 0 Å². The smallest absolute Gasteiger partial charge is 0.268 e. The van der Waals surface area contributed by atoms with Crippen molar-refractivity contribution < 1.29 is 4.52 Å². The zero-order chi connectivity index (χ0) is 11.7. The van der Waals surface area contributed by atoms with E-state index in [9.17, 15) is 4.79 Å². The Kier molecular flexibility index (Phi) is 2.86. The van der Waals surface area contributed by atoms with E-state index in [2.05, 4.69) is 31.1 Å². The first kappa shape index (κ1) is 11.0. The third kappa shape index (κ3) is 2.04. The average Bonchev–Trinajstić information content (AvgIpc) is 2.65. The van der Waals surface area contributed by atoms with Crippen LogP contribution in [0.3, 0.4) is 0 Å². The van der Waals surface area contributed by atoms with E-state index < -0.39 is 0 Å². The Morgan fingerprint density at radius 2 is 2.25 bits per heavy atom. The molecule has 16 heavy (non-hydrogen) atoms. The molecule has 7 heteroatoms. The first-order valence-electron chi connectivity index (χ1n) is 4.59. The summed E-state index contributed by atoms with van der Waals surface area (Å²) < 4.78 is 6.83. The van der Waals surface area contributed by atoms with Crippen molar-refractivity contribution in [2.24, 2.45) is 0 Å². The van der Waals surface area contributed by atoms with Crippen LogP contribution in [0.25, 0.3) is 0 Å². The van der Waals surface area contributed by atoms with Crippen LogP contribution in [-0.4, -0.2) is 19.7 Å². The van der Waals surface area contributed by atoms with E-state index in [1.807, 2.05) is 0 Å². The molecule has 2 rings (SSSR count).